The van der Waals surface area contributed by atoms with E-state index in [1.165, 1.54) is 11.1 Å². The second-order valence-corrected chi connectivity index (χ2v) is 6.11. The van der Waals surface area contributed by atoms with Gasteiger partial charge in [0.05, 0.1) is 12.7 Å². The first kappa shape index (κ1) is 14.6. The summed E-state index contributed by atoms with van der Waals surface area (Å²) in [6.45, 7) is 2.77. The summed E-state index contributed by atoms with van der Waals surface area (Å²) >= 11 is 6.32. The Morgan fingerprint density at radius 2 is 2.10 bits per heavy atom. The van der Waals surface area contributed by atoms with Gasteiger partial charge in [-0.25, -0.2) is 0 Å². The summed E-state index contributed by atoms with van der Waals surface area (Å²) < 4.78 is 5.93. The monoisotopic (exact) mass is 301 g/mol. The molecule has 3 rings (SSSR count). The van der Waals surface area contributed by atoms with E-state index >= 15 is 0 Å². The van der Waals surface area contributed by atoms with Gasteiger partial charge in [-0.05, 0) is 48.1 Å². The van der Waals surface area contributed by atoms with Crippen molar-refractivity contribution in [1.29, 1.82) is 0 Å². The number of aryl methyl sites for hydroxylation is 1. The molecule has 2 aromatic carbocycles. The van der Waals surface area contributed by atoms with Crippen LogP contribution in [-0.2, 0) is 17.6 Å². The molecule has 0 aromatic heterocycles. The summed E-state index contributed by atoms with van der Waals surface area (Å²) in [5.41, 5.74) is 11.2. The van der Waals surface area contributed by atoms with Crippen LogP contribution in [-0.4, -0.2) is 12.6 Å². The van der Waals surface area contributed by atoms with E-state index in [4.69, 9.17) is 22.1 Å². The quantitative estimate of drug-likeness (QED) is 0.935. The molecule has 0 bridgehead atoms. The van der Waals surface area contributed by atoms with Gasteiger partial charge in [0, 0.05) is 11.1 Å². The number of rotatable bonds is 3. The zero-order chi connectivity index (χ0) is 14.8. The van der Waals surface area contributed by atoms with Gasteiger partial charge in [-0.3, -0.25) is 0 Å². The maximum Gasteiger partial charge on any atom is 0.0981 e. The Hall–Kier alpha value is -1.35. The first-order valence-corrected chi connectivity index (χ1v) is 7.73. The number of ether oxygens (including phenoxy) is 1. The van der Waals surface area contributed by atoms with E-state index in [9.17, 15) is 0 Å². The molecule has 0 saturated heterocycles. The number of hydrogen-bond acceptors (Lipinski definition) is 2. The van der Waals surface area contributed by atoms with E-state index in [2.05, 4.69) is 30.3 Å². The summed E-state index contributed by atoms with van der Waals surface area (Å²) in [5.74, 6) is 0. The molecule has 2 aromatic rings. The highest BCUT2D eigenvalue weighted by molar-refractivity contribution is 6.31. The molecule has 110 valence electrons. The van der Waals surface area contributed by atoms with Crippen molar-refractivity contribution in [3.8, 4) is 0 Å². The first-order chi connectivity index (χ1) is 10.1. The maximum atomic E-state index is 6.42. The van der Waals surface area contributed by atoms with Crippen LogP contribution in [0, 0.1) is 6.92 Å². The van der Waals surface area contributed by atoms with E-state index < -0.39 is 0 Å². The molecule has 2 nitrogen and oxygen atoms in total. The van der Waals surface area contributed by atoms with Crippen molar-refractivity contribution in [2.24, 2.45) is 5.73 Å². The molecule has 0 saturated carbocycles. The molecular formula is C18H20ClNO. The second kappa shape index (κ2) is 6.18. The molecular weight excluding hydrogens is 282 g/mol. The highest BCUT2D eigenvalue weighted by Gasteiger charge is 2.26. The molecule has 1 aliphatic rings. The Balaban J connectivity index is 1.81. The molecule has 0 radical (unpaired) electrons. The van der Waals surface area contributed by atoms with Crippen molar-refractivity contribution in [1.82, 2.24) is 0 Å². The van der Waals surface area contributed by atoms with Crippen molar-refractivity contribution in [3.05, 3.63) is 69.7 Å². The predicted molar refractivity (Wildman–Crippen MR) is 86.7 cm³/mol. The number of fused-ring (bicyclic) bond motifs is 1. The van der Waals surface area contributed by atoms with Gasteiger partial charge in [-0.2, -0.15) is 0 Å². The van der Waals surface area contributed by atoms with E-state index in [0.29, 0.717) is 0 Å². The van der Waals surface area contributed by atoms with Crippen LogP contribution in [0.5, 0.6) is 0 Å². The summed E-state index contributed by atoms with van der Waals surface area (Å²) in [7, 11) is 0. The largest absolute Gasteiger partial charge is 0.372 e. The normalized spacial score (nSPS) is 19.1. The molecule has 2 N–H and O–H groups in total. The third-order valence-corrected chi connectivity index (χ3v) is 4.44. The van der Waals surface area contributed by atoms with Gasteiger partial charge in [0.15, 0.2) is 0 Å². The minimum atomic E-state index is -0.0911. The topological polar surface area (TPSA) is 35.2 Å². The zero-order valence-electron chi connectivity index (χ0n) is 12.2. The van der Waals surface area contributed by atoms with Crippen molar-refractivity contribution in [2.75, 3.05) is 6.61 Å². The van der Waals surface area contributed by atoms with Crippen LogP contribution < -0.4 is 5.73 Å². The van der Waals surface area contributed by atoms with Gasteiger partial charge < -0.3 is 10.5 Å². The van der Waals surface area contributed by atoms with Gasteiger partial charge in [0.25, 0.3) is 0 Å². The molecule has 3 heteroatoms. The predicted octanol–water partition coefficient (Wildman–Crippen LogP) is 3.83. The fourth-order valence-electron chi connectivity index (χ4n) is 2.96. The van der Waals surface area contributed by atoms with Gasteiger partial charge in [0.2, 0.25) is 0 Å². The Morgan fingerprint density at radius 3 is 2.90 bits per heavy atom. The summed E-state index contributed by atoms with van der Waals surface area (Å²) in [4.78, 5) is 0. The maximum absolute atomic E-state index is 6.42. The van der Waals surface area contributed by atoms with Crippen LogP contribution in [0.25, 0.3) is 0 Å². The van der Waals surface area contributed by atoms with Crippen molar-refractivity contribution >= 4 is 11.6 Å². The van der Waals surface area contributed by atoms with E-state index in [1.807, 2.05) is 19.1 Å². The van der Waals surface area contributed by atoms with Crippen LogP contribution in [0.15, 0.2) is 42.5 Å². The minimum absolute atomic E-state index is 0.0488. The number of benzene rings is 2. The van der Waals surface area contributed by atoms with Gasteiger partial charge in [-0.1, -0.05) is 48.0 Å². The zero-order valence-corrected chi connectivity index (χ0v) is 12.9. The molecule has 2 atom stereocenters. The fraction of sp³-hybridized carbons (Fsp3) is 0.333. The lowest BCUT2D eigenvalue weighted by molar-refractivity contribution is 0.0246. The fourth-order valence-corrected chi connectivity index (χ4v) is 3.27. The van der Waals surface area contributed by atoms with Crippen LogP contribution in [0.1, 0.15) is 28.4 Å². The molecule has 1 aliphatic heterocycles. The molecule has 21 heavy (non-hydrogen) atoms. The van der Waals surface area contributed by atoms with Crippen molar-refractivity contribution in [2.45, 2.75) is 31.9 Å². The molecule has 0 aliphatic carbocycles. The highest BCUT2D eigenvalue weighted by Crippen LogP contribution is 2.31. The average Bonchev–Trinajstić information content (AvgIpc) is 2.49. The smallest absolute Gasteiger partial charge is 0.0981 e. The van der Waals surface area contributed by atoms with E-state index in [0.717, 1.165) is 35.6 Å². The Morgan fingerprint density at radius 1 is 1.29 bits per heavy atom. The summed E-state index contributed by atoms with van der Waals surface area (Å²) in [6.07, 6.45) is 1.63. The van der Waals surface area contributed by atoms with Crippen molar-refractivity contribution < 1.29 is 4.74 Å². The molecule has 0 fully saturated rings. The molecule has 1 heterocycles. The third-order valence-electron chi connectivity index (χ3n) is 4.08. The number of halogens is 1. The van der Waals surface area contributed by atoms with Gasteiger partial charge >= 0.3 is 0 Å². The average molecular weight is 302 g/mol. The van der Waals surface area contributed by atoms with E-state index in [-0.39, 0.29) is 12.1 Å². The lowest BCUT2D eigenvalue weighted by Crippen LogP contribution is -2.35. The summed E-state index contributed by atoms with van der Waals surface area (Å²) in [6, 6.07) is 14.4. The van der Waals surface area contributed by atoms with E-state index in [1.54, 1.807) is 0 Å². The number of nitrogens with two attached hydrogens (primary N) is 1. The van der Waals surface area contributed by atoms with Crippen LogP contribution in [0.2, 0.25) is 5.02 Å². The van der Waals surface area contributed by atoms with Crippen LogP contribution in [0.3, 0.4) is 0 Å². The molecule has 0 amide bonds. The molecule has 0 spiro atoms. The van der Waals surface area contributed by atoms with Crippen LogP contribution >= 0.6 is 11.6 Å². The Bertz CT molecular complexity index is 641. The summed E-state index contributed by atoms with van der Waals surface area (Å²) in [5, 5.41) is 0.787. The second-order valence-electron chi connectivity index (χ2n) is 5.70. The lowest BCUT2D eigenvalue weighted by atomic mass is 9.90. The van der Waals surface area contributed by atoms with Gasteiger partial charge in [0.1, 0.15) is 0 Å². The number of hydrogen-bond donors (Lipinski definition) is 1. The lowest BCUT2D eigenvalue weighted by Gasteiger charge is -2.30. The van der Waals surface area contributed by atoms with Crippen LogP contribution in [0.4, 0.5) is 0 Å². The SMILES string of the molecule is Cc1ccc(CC(N)C2OCCc3ccccc32)c(Cl)c1. The standard InChI is InChI=1S/C18H20ClNO/c1-12-6-7-14(16(19)10-12)11-17(20)18-15-5-3-2-4-13(15)8-9-21-18/h2-7,10,17-18H,8-9,11,20H2,1H3. The Labute approximate surface area is 130 Å². The third kappa shape index (κ3) is 3.13. The molecule has 2 unspecified atom stereocenters. The van der Waals surface area contributed by atoms with Gasteiger partial charge in [-0.15, -0.1) is 0 Å². The highest BCUT2D eigenvalue weighted by atomic mass is 35.5. The van der Waals surface area contributed by atoms with Crippen molar-refractivity contribution in [3.63, 3.8) is 0 Å². The first-order valence-electron chi connectivity index (χ1n) is 7.35. The Kier molecular flexibility index (Phi) is 4.29. The minimum Gasteiger partial charge on any atom is -0.372 e.